The largest absolute Gasteiger partial charge is 0.323 e. The van der Waals surface area contributed by atoms with Crippen LogP contribution in [0.1, 0.15) is 33.1 Å². The van der Waals surface area contributed by atoms with E-state index in [-0.39, 0.29) is 12.1 Å². The highest BCUT2D eigenvalue weighted by atomic mass is 15.2. The molecule has 2 atom stereocenters. The number of rotatable bonds is 2. The molecule has 0 aromatic heterocycles. The van der Waals surface area contributed by atoms with Crippen LogP contribution in [0.25, 0.3) is 0 Å². The molecule has 1 heterocycles. The minimum absolute atomic E-state index is 0.274. The molecule has 0 bridgehead atoms. The van der Waals surface area contributed by atoms with Gasteiger partial charge in [0.2, 0.25) is 0 Å². The van der Waals surface area contributed by atoms with E-state index in [4.69, 9.17) is 11.7 Å². The van der Waals surface area contributed by atoms with Crippen molar-refractivity contribution in [1.82, 2.24) is 5.32 Å². The van der Waals surface area contributed by atoms with Crippen LogP contribution >= 0.6 is 0 Å². The molecule has 14 heavy (non-hydrogen) atoms. The Morgan fingerprint density at radius 2 is 1.50 bits per heavy atom. The highest BCUT2D eigenvalue weighted by Crippen LogP contribution is 2.14. The van der Waals surface area contributed by atoms with Crippen LogP contribution in [0.3, 0.4) is 0 Å². The lowest BCUT2D eigenvalue weighted by Crippen LogP contribution is -2.49. The molecule has 0 spiro atoms. The first-order chi connectivity index (χ1) is 6.69. The molecule has 1 aliphatic rings. The number of nitrogens with one attached hydrogen (secondary N) is 1. The molecule has 1 rings (SSSR count). The van der Waals surface area contributed by atoms with Crippen LogP contribution in [-0.4, -0.2) is 23.5 Å². The number of hydrogen-bond donors (Lipinski definition) is 3. The summed E-state index contributed by atoms with van der Waals surface area (Å²) in [5.74, 6) is 10.5. The zero-order chi connectivity index (χ0) is 10.6. The summed E-state index contributed by atoms with van der Waals surface area (Å²) in [5, 5.41) is 10.9. The lowest BCUT2D eigenvalue weighted by molar-refractivity contribution is 0.426. The maximum absolute atomic E-state index is 5.25. The maximum atomic E-state index is 5.25. The SMILES string of the molecule is CC(=NN)C1CCCC(C(C)=NN)N1. The molecule has 1 saturated heterocycles. The van der Waals surface area contributed by atoms with Crippen LogP contribution in [0, 0.1) is 0 Å². The van der Waals surface area contributed by atoms with Gasteiger partial charge < -0.3 is 17.0 Å². The van der Waals surface area contributed by atoms with Crippen molar-refractivity contribution in [2.24, 2.45) is 21.9 Å². The van der Waals surface area contributed by atoms with Gasteiger partial charge in [-0.25, -0.2) is 0 Å². The quantitative estimate of drug-likeness (QED) is 0.335. The second-order valence-electron chi connectivity index (χ2n) is 3.74. The van der Waals surface area contributed by atoms with Gasteiger partial charge in [0.1, 0.15) is 0 Å². The molecule has 80 valence electrons. The van der Waals surface area contributed by atoms with E-state index in [0.29, 0.717) is 0 Å². The van der Waals surface area contributed by atoms with Gasteiger partial charge in [0.05, 0.1) is 11.4 Å². The maximum Gasteiger partial charge on any atom is 0.0514 e. The van der Waals surface area contributed by atoms with Crippen LogP contribution in [0.2, 0.25) is 0 Å². The fourth-order valence-corrected chi connectivity index (χ4v) is 1.77. The zero-order valence-electron chi connectivity index (χ0n) is 8.83. The van der Waals surface area contributed by atoms with E-state index in [1.807, 2.05) is 13.8 Å². The molecule has 2 unspecified atom stereocenters. The standard InChI is InChI=1S/C9H19N5/c1-6(13-10)8-4-3-5-9(12-8)7(2)14-11/h8-9,12H,3-5,10-11H2,1-2H3. The smallest absolute Gasteiger partial charge is 0.0514 e. The third-order valence-corrected chi connectivity index (χ3v) is 2.80. The number of hydrazone groups is 2. The van der Waals surface area contributed by atoms with Crippen molar-refractivity contribution >= 4 is 11.4 Å². The molecule has 0 aromatic carbocycles. The highest BCUT2D eigenvalue weighted by Gasteiger charge is 2.24. The lowest BCUT2D eigenvalue weighted by Gasteiger charge is -2.30. The van der Waals surface area contributed by atoms with Gasteiger partial charge in [-0.05, 0) is 33.1 Å². The van der Waals surface area contributed by atoms with Crippen LogP contribution in [0.5, 0.6) is 0 Å². The van der Waals surface area contributed by atoms with Gasteiger partial charge >= 0.3 is 0 Å². The Morgan fingerprint density at radius 1 is 1.07 bits per heavy atom. The van der Waals surface area contributed by atoms with E-state index < -0.39 is 0 Å². The highest BCUT2D eigenvalue weighted by molar-refractivity contribution is 5.90. The fourth-order valence-electron chi connectivity index (χ4n) is 1.77. The zero-order valence-corrected chi connectivity index (χ0v) is 8.83. The topological polar surface area (TPSA) is 88.8 Å². The Morgan fingerprint density at radius 3 is 1.86 bits per heavy atom. The van der Waals surface area contributed by atoms with Gasteiger partial charge in [0, 0.05) is 12.1 Å². The summed E-state index contributed by atoms with van der Waals surface area (Å²) in [7, 11) is 0. The molecule has 0 radical (unpaired) electrons. The molecular weight excluding hydrogens is 178 g/mol. The van der Waals surface area contributed by atoms with Crippen molar-refractivity contribution in [3.05, 3.63) is 0 Å². The predicted molar refractivity (Wildman–Crippen MR) is 59.2 cm³/mol. The predicted octanol–water partition coefficient (Wildman–Crippen LogP) is 0.166. The monoisotopic (exact) mass is 197 g/mol. The normalized spacial score (nSPS) is 30.4. The first-order valence-electron chi connectivity index (χ1n) is 4.93. The third-order valence-electron chi connectivity index (χ3n) is 2.80. The van der Waals surface area contributed by atoms with E-state index in [1.54, 1.807) is 0 Å². The van der Waals surface area contributed by atoms with Crippen LogP contribution in [0.15, 0.2) is 10.2 Å². The van der Waals surface area contributed by atoms with Gasteiger partial charge in [-0.3, -0.25) is 0 Å². The summed E-state index contributed by atoms with van der Waals surface area (Å²) >= 11 is 0. The van der Waals surface area contributed by atoms with Gasteiger partial charge in [0.25, 0.3) is 0 Å². The van der Waals surface area contributed by atoms with Crippen LogP contribution < -0.4 is 17.0 Å². The third kappa shape index (κ3) is 2.45. The molecular formula is C9H19N5. The summed E-state index contributed by atoms with van der Waals surface area (Å²) in [4.78, 5) is 0. The van der Waals surface area contributed by atoms with Crippen molar-refractivity contribution < 1.29 is 0 Å². The van der Waals surface area contributed by atoms with Crippen molar-refractivity contribution in [2.45, 2.75) is 45.2 Å². The van der Waals surface area contributed by atoms with Crippen molar-refractivity contribution in [3.63, 3.8) is 0 Å². The fraction of sp³-hybridized carbons (Fsp3) is 0.778. The second-order valence-corrected chi connectivity index (χ2v) is 3.74. The Bertz CT molecular complexity index is 222. The van der Waals surface area contributed by atoms with E-state index in [0.717, 1.165) is 30.7 Å². The minimum Gasteiger partial charge on any atom is -0.323 e. The Hall–Kier alpha value is -1.10. The first kappa shape index (κ1) is 11.0. The van der Waals surface area contributed by atoms with Gasteiger partial charge in [0.15, 0.2) is 0 Å². The number of hydrogen-bond acceptors (Lipinski definition) is 5. The van der Waals surface area contributed by atoms with Crippen molar-refractivity contribution in [2.75, 3.05) is 0 Å². The van der Waals surface area contributed by atoms with Gasteiger partial charge in [-0.1, -0.05) is 0 Å². The molecule has 1 aliphatic heterocycles. The molecule has 5 nitrogen and oxygen atoms in total. The van der Waals surface area contributed by atoms with Crippen molar-refractivity contribution in [1.29, 1.82) is 0 Å². The summed E-state index contributed by atoms with van der Waals surface area (Å²) in [5.41, 5.74) is 1.89. The molecule has 0 saturated carbocycles. The molecule has 5 N–H and O–H groups in total. The minimum atomic E-state index is 0.274. The summed E-state index contributed by atoms with van der Waals surface area (Å²) in [6.45, 7) is 3.88. The average Bonchev–Trinajstić information content (AvgIpc) is 2.27. The second kappa shape index (κ2) is 4.95. The van der Waals surface area contributed by atoms with Gasteiger partial charge in [-0.2, -0.15) is 10.2 Å². The Labute approximate surface area is 84.6 Å². The molecule has 1 fully saturated rings. The number of nitrogens with two attached hydrogens (primary N) is 2. The number of nitrogens with zero attached hydrogens (tertiary/aromatic N) is 2. The average molecular weight is 197 g/mol. The molecule has 0 amide bonds. The van der Waals surface area contributed by atoms with E-state index in [9.17, 15) is 0 Å². The van der Waals surface area contributed by atoms with Crippen LogP contribution in [0.4, 0.5) is 0 Å². The summed E-state index contributed by atoms with van der Waals surface area (Å²) < 4.78 is 0. The molecule has 0 aromatic rings. The number of piperidine rings is 1. The van der Waals surface area contributed by atoms with E-state index in [2.05, 4.69) is 15.5 Å². The van der Waals surface area contributed by atoms with E-state index in [1.165, 1.54) is 0 Å². The molecule has 0 aliphatic carbocycles. The Kier molecular flexibility index (Phi) is 3.88. The van der Waals surface area contributed by atoms with Gasteiger partial charge in [-0.15, -0.1) is 0 Å². The Balaban J connectivity index is 2.60. The van der Waals surface area contributed by atoms with E-state index >= 15 is 0 Å². The summed E-state index contributed by atoms with van der Waals surface area (Å²) in [6.07, 6.45) is 3.32. The lowest BCUT2D eigenvalue weighted by atomic mass is 9.94. The summed E-state index contributed by atoms with van der Waals surface area (Å²) in [6, 6.07) is 0.547. The first-order valence-corrected chi connectivity index (χ1v) is 4.93. The van der Waals surface area contributed by atoms with Crippen LogP contribution in [-0.2, 0) is 0 Å². The van der Waals surface area contributed by atoms with Crippen molar-refractivity contribution in [3.8, 4) is 0 Å². The molecule has 5 heteroatoms.